The van der Waals surface area contributed by atoms with Crippen molar-refractivity contribution in [1.29, 1.82) is 0 Å². The maximum absolute atomic E-state index is 13.1. The van der Waals surface area contributed by atoms with Crippen LogP contribution in [0.25, 0.3) is 0 Å². The molecule has 2 heterocycles. The SMILES string of the molecule is CC(C)(NC(=O)c1ccc2c(c1)C(NC(=O)c1ccc(F)cc1)=NC2)c1cccs1. The van der Waals surface area contributed by atoms with Gasteiger partial charge in [0.15, 0.2) is 0 Å². The van der Waals surface area contributed by atoms with E-state index in [1.54, 1.807) is 23.5 Å². The molecule has 0 saturated heterocycles. The second-order valence-corrected chi connectivity index (χ2v) is 8.50. The third-order valence-electron chi connectivity index (χ3n) is 4.94. The highest BCUT2D eigenvalue weighted by molar-refractivity contribution is 7.10. The molecular weight excluding hydrogens is 401 g/mol. The first-order valence-electron chi connectivity index (χ1n) is 9.45. The number of carbonyl (C=O) groups is 2. The standard InChI is InChI=1S/C23H20FN3O2S/c1-23(2,19-4-3-11-30-19)27-22(29)15-5-6-16-13-25-20(18(16)12-15)26-21(28)14-7-9-17(24)10-8-14/h3-12H,13H2,1-2H3,(H,27,29)(H,25,26,28). The minimum Gasteiger partial charge on any atom is -0.342 e. The zero-order valence-electron chi connectivity index (χ0n) is 16.5. The van der Waals surface area contributed by atoms with Crippen molar-refractivity contribution in [3.8, 4) is 0 Å². The molecule has 0 spiro atoms. The van der Waals surface area contributed by atoms with E-state index in [2.05, 4.69) is 15.6 Å². The summed E-state index contributed by atoms with van der Waals surface area (Å²) in [4.78, 5) is 30.8. The fourth-order valence-electron chi connectivity index (χ4n) is 3.27. The smallest absolute Gasteiger partial charge is 0.256 e. The van der Waals surface area contributed by atoms with Crippen LogP contribution in [0.3, 0.4) is 0 Å². The van der Waals surface area contributed by atoms with Crippen LogP contribution in [0.1, 0.15) is 50.6 Å². The van der Waals surface area contributed by atoms with Crippen molar-refractivity contribution in [3.63, 3.8) is 0 Å². The Kier molecular flexibility index (Phi) is 5.22. The lowest BCUT2D eigenvalue weighted by atomic mass is 10.0. The summed E-state index contributed by atoms with van der Waals surface area (Å²) in [6, 6.07) is 14.6. The van der Waals surface area contributed by atoms with Gasteiger partial charge in [-0.25, -0.2) is 4.39 Å². The first kappa shape index (κ1) is 20.0. The van der Waals surface area contributed by atoms with Crippen molar-refractivity contribution in [2.24, 2.45) is 4.99 Å². The summed E-state index contributed by atoms with van der Waals surface area (Å²) in [6.45, 7) is 4.34. The van der Waals surface area contributed by atoms with Gasteiger partial charge in [-0.05, 0) is 67.3 Å². The molecule has 152 valence electrons. The van der Waals surface area contributed by atoms with Gasteiger partial charge in [0, 0.05) is 21.6 Å². The van der Waals surface area contributed by atoms with Crippen molar-refractivity contribution in [1.82, 2.24) is 10.6 Å². The van der Waals surface area contributed by atoms with Crippen LogP contribution in [0.2, 0.25) is 0 Å². The average Bonchev–Trinajstić information content (AvgIpc) is 3.39. The minimum absolute atomic E-state index is 0.202. The van der Waals surface area contributed by atoms with E-state index >= 15 is 0 Å². The highest BCUT2D eigenvalue weighted by atomic mass is 32.1. The molecule has 7 heteroatoms. The Morgan fingerprint density at radius 1 is 1.03 bits per heavy atom. The average molecular weight is 421 g/mol. The van der Waals surface area contributed by atoms with E-state index in [1.807, 2.05) is 37.4 Å². The number of carbonyl (C=O) groups excluding carboxylic acids is 2. The van der Waals surface area contributed by atoms with Gasteiger partial charge in [0.25, 0.3) is 11.8 Å². The molecule has 0 aliphatic carbocycles. The molecule has 2 amide bonds. The third kappa shape index (κ3) is 4.02. The van der Waals surface area contributed by atoms with E-state index < -0.39 is 11.4 Å². The van der Waals surface area contributed by atoms with Crippen LogP contribution in [0.15, 0.2) is 65.0 Å². The zero-order valence-corrected chi connectivity index (χ0v) is 17.3. The molecule has 2 aromatic carbocycles. The van der Waals surface area contributed by atoms with Crippen molar-refractivity contribution in [2.75, 3.05) is 0 Å². The van der Waals surface area contributed by atoms with Crippen molar-refractivity contribution in [2.45, 2.75) is 25.9 Å². The van der Waals surface area contributed by atoms with Crippen LogP contribution in [0, 0.1) is 5.82 Å². The number of hydrogen-bond donors (Lipinski definition) is 2. The second kappa shape index (κ2) is 7.84. The van der Waals surface area contributed by atoms with E-state index in [9.17, 15) is 14.0 Å². The fraction of sp³-hybridized carbons (Fsp3) is 0.174. The van der Waals surface area contributed by atoms with Crippen molar-refractivity contribution in [3.05, 3.63) is 92.9 Å². The molecule has 1 aliphatic rings. The van der Waals surface area contributed by atoms with Crippen LogP contribution >= 0.6 is 11.3 Å². The van der Waals surface area contributed by atoms with Gasteiger partial charge in [0.2, 0.25) is 0 Å². The quantitative estimate of drug-likeness (QED) is 0.661. The number of benzene rings is 2. The van der Waals surface area contributed by atoms with E-state index in [0.717, 1.165) is 10.4 Å². The van der Waals surface area contributed by atoms with Crippen molar-refractivity contribution >= 4 is 29.0 Å². The first-order valence-corrected chi connectivity index (χ1v) is 10.3. The fourth-order valence-corrected chi connectivity index (χ4v) is 4.07. The molecular formula is C23H20FN3O2S. The Labute approximate surface area is 177 Å². The van der Waals surface area contributed by atoms with Gasteiger partial charge < -0.3 is 10.6 Å². The van der Waals surface area contributed by atoms with E-state index in [-0.39, 0.29) is 11.8 Å². The van der Waals surface area contributed by atoms with Crippen LogP contribution < -0.4 is 10.6 Å². The molecule has 30 heavy (non-hydrogen) atoms. The van der Waals surface area contributed by atoms with Crippen LogP contribution in [-0.4, -0.2) is 17.6 Å². The van der Waals surface area contributed by atoms with E-state index in [0.29, 0.717) is 29.1 Å². The molecule has 4 rings (SSSR count). The number of rotatable bonds is 4. The summed E-state index contributed by atoms with van der Waals surface area (Å²) < 4.78 is 13.1. The highest BCUT2D eigenvalue weighted by Gasteiger charge is 2.26. The molecule has 0 bridgehead atoms. The Hall–Kier alpha value is -3.32. The molecule has 0 saturated carbocycles. The minimum atomic E-state index is -0.502. The molecule has 3 aromatic rings. The molecule has 0 unspecified atom stereocenters. The first-order chi connectivity index (χ1) is 14.3. The molecule has 1 aliphatic heterocycles. The topological polar surface area (TPSA) is 70.6 Å². The summed E-state index contributed by atoms with van der Waals surface area (Å²) in [5, 5.41) is 7.81. The molecule has 0 radical (unpaired) electrons. The van der Waals surface area contributed by atoms with Crippen LogP contribution in [0.5, 0.6) is 0 Å². The van der Waals surface area contributed by atoms with Gasteiger partial charge in [-0.1, -0.05) is 12.1 Å². The number of nitrogens with one attached hydrogen (secondary N) is 2. The molecule has 0 atom stereocenters. The number of aliphatic imine (C=N–C) groups is 1. The Morgan fingerprint density at radius 3 is 2.47 bits per heavy atom. The third-order valence-corrected chi connectivity index (χ3v) is 6.13. The number of thiophene rings is 1. The highest BCUT2D eigenvalue weighted by Crippen LogP contribution is 2.26. The predicted molar refractivity (Wildman–Crippen MR) is 115 cm³/mol. The van der Waals surface area contributed by atoms with Gasteiger partial charge >= 0.3 is 0 Å². The predicted octanol–water partition coefficient (Wildman–Crippen LogP) is 4.24. The molecule has 0 fully saturated rings. The second-order valence-electron chi connectivity index (χ2n) is 7.55. The number of nitrogens with zero attached hydrogens (tertiary/aromatic N) is 1. The Balaban J connectivity index is 1.52. The normalized spacial score (nSPS) is 12.8. The maximum Gasteiger partial charge on any atom is 0.256 e. The summed E-state index contributed by atoms with van der Waals surface area (Å²) in [6.07, 6.45) is 0. The monoisotopic (exact) mass is 421 g/mol. The van der Waals surface area contributed by atoms with E-state index in [4.69, 9.17) is 0 Å². The summed E-state index contributed by atoms with van der Waals surface area (Å²) >= 11 is 1.59. The lowest BCUT2D eigenvalue weighted by Crippen LogP contribution is -2.40. The number of amides is 2. The summed E-state index contributed by atoms with van der Waals surface area (Å²) in [5.41, 5.74) is 1.96. The van der Waals surface area contributed by atoms with E-state index in [1.165, 1.54) is 24.3 Å². The molecule has 1 aromatic heterocycles. The van der Waals surface area contributed by atoms with Gasteiger partial charge in [-0.3, -0.25) is 14.6 Å². The number of halogens is 1. The van der Waals surface area contributed by atoms with Gasteiger partial charge in [0.05, 0.1) is 12.1 Å². The number of amidine groups is 1. The van der Waals surface area contributed by atoms with Gasteiger partial charge in [0.1, 0.15) is 11.7 Å². The van der Waals surface area contributed by atoms with Gasteiger partial charge in [-0.2, -0.15) is 0 Å². The number of fused-ring (bicyclic) bond motifs is 1. The number of hydrogen-bond acceptors (Lipinski definition) is 4. The van der Waals surface area contributed by atoms with Crippen molar-refractivity contribution < 1.29 is 14.0 Å². The zero-order chi connectivity index (χ0) is 21.3. The Bertz CT molecular complexity index is 1140. The maximum atomic E-state index is 13.1. The van der Waals surface area contributed by atoms with Crippen LogP contribution in [0.4, 0.5) is 4.39 Å². The summed E-state index contributed by atoms with van der Waals surface area (Å²) in [7, 11) is 0. The largest absolute Gasteiger partial charge is 0.342 e. The molecule has 5 nitrogen and oxygen atoms in total. The summed E-state index contributed by atoms with van der Waals surface area (Å²) in [5.74, 6) is -0.578. The molecule has 2 N–H and O–H groups in total. The Morgan fingerprint density at radius 2 is 1.77 bits per heavy atom. The lowest BCUT2D eigenvalue weighted by molar-refractivity contribution is 0.0912. The lowest BCUT2D eigenvalue weighted by Gasteiger charge is -2.25. The van der Waals surface area contributed by atoms with Gasteiger partial charge in [-0.15, -0.1) is 11.3 Å². The van der Waals surface area contributed by atoms with Crippen LogP contribution in [-0.2, 0) is 12.1 Å².